The van der Waals surface area contributed by atoms with E-state index in [0.29, 0.717) is 23.5 Å². The van der Waals surface area contributed by atoms with Gasteiger partial charge in [0, 0.05) is 5.56 Å². The van der Waals surface area contributed by atoms with Crippen LogP contribution in [0, 0.1) is 17.8 Å². The Labute approximate surface area is 138 Å². The smallest absolute Gasteiger partial charge is 0.237 e. The fourth-order valence-electron chi connectivity index (χ4n) is 5.69. The summed E-state index contributed by atoms with van der Waals surface area (Å²) in [4.78, 5) is -0.459. The maximum Gasteiger partial charge on any atom is 0.237 e. The summed E-state index contributed by atoms with van der Waals surface area (Å²) in [6, 6.07) is 4.11. The van der Waals surface area contributed by atoms with E-state index in [9.17, 15) is 11.7 Å². The van der Waals surface area contributed by atoms with E-state index in [1.54, 1.807) is 7.11 Å². The molecule has 0 atom stereocenters. The Kier molecular flexibility index (Phi) is 4.14. The Balaban J connectivity index is 0.00000156. The molecule has 4 saturated carbocycles. The molecule has 0 N–H and O–H groups in total. The van der Waals surface area contributed by atoms with Gasteiger partial charge in [-0.15, -0.1) is 11.7 Å². The number of benzene rings is 1. The van der Waals surface area contributed by atoms with Crippen LogP contribution in [0.1, 0.15) is 51.5 Å². The zero-order chi connectivity index (χ0) is 15.5. The average molecular weight is 346 g/mol. The first kappa shape index (κ1) is 17.0. The predicted octanol–water partition coefficient (Wildman–Crippen LogP) is 6.62. The van der Waals surface area contributed by atoms with E-state index in [4.69, 9.17) is 4.74 Å². The molecule has 4 bridgehead atoms. The Hall–Kier alpha value is -0.840. The average Bonchev–Trinajstić information content (AvgIpc) is 2.44. The molecule has 5 rings (SSSR count). The standard InChI is InChI=1S/C17H21F3OS.CH4/c1-21-16-3-2-14(22(18,19)20)7-15(16)17-8-11-4-12(9-17)6-13(5-11)10-17;/h2-3,7,11-13H,4-6,8-10H2,1H3;1H4. The molecule has 0 amide bonds. The van der Waals surface area contributed by atoms with Crippen molar-refractivity contribution in [1.82, 2.24) is 0 Å². The van der Waals surface area contributed by atoms with Gasteiger partial charge >= 0.3 is 0 Å². The predicted molar refractivity (Wildman–Crippen MR) is 88.8 cm³/mol. The molecule has 0 saturated heterocycles. The highest BCUT2D eigenvalue weighted by molar-refractivity contribution is 8.20. The lowest BCUT2D eigenvalue weighted by Gasteiger charge is -2.57. The molecule has 130 valence electrons. The first-order chi connectivity index (χ1) is 10.4. The minimum atomic E-state index is -5.18. The summed E-state index contributed by atoms with van der Waals surface area (Å²) < 4.78 is 45.1. The monoisotopic (exact) mass is 346 g/mol. The lowest BCUT2D eigenvalue weighted by molar-refractivity contribution is -0.00625. The normalized spacial score (nSPS) is 35.7. The van der Waals surface area contributed by atoms with Crippen molar-refractivity contribution in [2.45, 2.75) is 56.3 Å². The van der Waals surface area contributed by atoms with Crippen LogP contribution in [0.2, 0.25) is 0 Å². The zero-order valence-corrected chi connectivity index (χ0v) is 13.5. The number of hydrogen-bond acceptors (Lipinski definition) is 1. The summed E-state index contributed by atoms with van der Waals surface area (Å²) in [6.45, 7) is 0. The summed E-state index contributed by atoms with van der Waals surface area (Å²) in [6.07, 6.45) is 6.99. The van der Waals surface area contributed by atoms with E-state index >= 15 is 0 Å². The molecule has 5 heteroatoms. The fourth-order valence-corrected chi connectivity index (χ4v) is 6.16. The highest BCUT2D eigenvalue weighted by atomic mass is 32.3. The van der Waals surface area contributed by atoms with Gasteiger partial charge < -0.3 is 4.74 Å². The van der Waals surface area contributed by atoms with E-state index in [0.717, 1.165) is 24.8 Å². The maximum absolute atomic E-state index is 13.2. The maximum atomic E-state index is 13.2. The molecule has 1 aromatic rings. The highest BCUT2D eigenvalue weighted by Gasteiger charge is 2.52. The van der Waals surface area contributed by atoms with Crippen LogP contribution < -0.4 is 4.74 Å². The van der Waals surface area contributed by atoms with Gasteiger partial charge in [0.25, 0.3) is 0 Å². The molecule has 1 nitrogen and oxygen atoms in total. The Morgan fingerprint density at radius 3 is 1.96 bits per heavy atom. The summed E-state index contributed by atoms with van der Waals surface area (Å²) in [5.41, 5.74) is 0.761. The lowest BCUT2D eigenvalue weighted by atomic mass is 9.48. The van der Waals surface area contributed by atoms with Crippen LogP contribution in [-0.4, -0.2) is 7.11 Å². The third kappa shape index (κ3) is 2.75. The van der Waals surface area contributed by atoms with Crippen molar-refractivity contribution in [1.29, 1.82) is 0 Å². The topological polar surface area (TPSA) is 9.23 Å². The van der Waals surface area contributed by atoms with Gasteiger partial charge in [-0.1, -0.05) is 7.43 Å². The molecular weight excluding hydrogens is 321 g/mol. The first-order valence-electron chi connectivity index (χ1n) is 8.00. The molecule has 23 heavy (non-hydrogen) atoms. The van der Waals surface area contributed by atoms with E-state index < -0.39 is 16.1 Å². The van der Waals surface area contributed by atoms with Crippen LogP contribution in [0.15, 0.2) is 23.1 Å². The van der Waals surface area contributed by atoms with Crippen molar-refractivity contribution in [3.05, 3.63) is 23.8 Å². The van der Waals surface area contributed by atoms with E-state index in [-0.39, 0.29) is 12.8 Å². The minimum absolute atomic E-state index is 0. The van der Waals surface area contributed by atoms with Gasteiger partial charge in [-0.05, 0) is 79.9 Å². The zero-order valence-electron chi connectivity index (χ0n) is 12.7. The highest BCUT2D eigenvalue weighted by Crippen LogP contribution is 2.65. The number of halogens is 3. The van der Waals surface area contributed by atoms with Crippen LogP contribution in [-0.2, 0) is 5.41 Å². The van der Waals surface area contributed by atoms with Gasteiger partial charge in [-0.3, -0.25) is 0 Å². The number of methoxy groups -OCH3 is 1. The summed E-state index contributed by atoms with van der Waals surface area (Å²) in [5.74, 6) is 2.77. The van der Waals surface area contributed by atoms with Crippen molar-refractivity contribution < 1.29 is 16.4 Å². The van der Waals surface area contributed by atoms with Crippen molar-refractivity contribution in [2.75, 3.05) is 7.11 Å². The fraction of sp³-hybridized carbons (Fsp3) is 0.667. The third-order valence-corrected chi connectivity index (χ3v) is 6.84. The third-order valence-electron chi connectivity index (χ3n) is 6.05. The SMILES string of the molecule is C.COc1ccc(S(F)(F)F)cc1C12CC3CC(CC(C3)C1)C2. The molecular formula is C18H25F3OS. The Morgan fingerprint density at radius 2 is 1.52 bits per heavy atom. The van der Waals surface area contributed by atoms with E-state index in [1.165, 1.54) is 37.5 Å². The molecule has 4 aliphatic carbocycles. The molecule has 0 aliphatic heterocycles. The van der Waals surface area contributed by atoms with Gasteiger partial charge in [-0.2, -0.15) is 0 Å². The second-order valence-corrected chi connectivity index (χ2v) is 8.75. The molecule has 0 heterocycles. The van der Waals surface area contributed by atoms with Crippen LogP contribution >= 0.6 is 11.2 Å². The summed E-state index contributed by atoms with van der Waals surface area (Å²) >= 11 is -5.18. The Morgan fingerprint density at radius 1 is 1.00 bits per heavy atom. The second-order valence-electron chi connectivity index (χ2n) is 7.47. The van der Waals surface area contributed by atoms with Crippen molar-refractivity contribution in [3.8, 4) is 5.75 Å². The van der Waals surface area contributed by atoms with Crippen LogP contribution in [0.4, 0.5) is 11.7 Å². The van der Waals surface area contributed by atoms with Crippen LogP contribution in [0.25, 0.3) is 0 Å². The number of ether oxygens (including phenoxy) is 1. The van der Waals surface area contributed by atoms with Crippen molar-refractivity contribution in [3.63, 3.8) is 0 Å². The molecule has 0 radical (unpaired) electrons. The summed E-state index contributed by atoms with van der Waals surface area (Å²) in [7, 11) is 1.57. The van der Waals surface area contributed by atoms with Gasteiger partial charge in [0.05, 0.1) is 12.0 Å². The largest absolute Gasteiger partial charge is 0.496 e. The quantitative estimate of drug-likeness (QED) is 0.598. The van der Waals surface area contributed by atoms with E-state index in [1.807, 2.05) is 0 Å². The van der Waals surface area contributed by atoms with Gasteiger partial charge in [0.15, 0.2) is 0 Å². The van der Waals surface area contributed by atoms with Crippen LogP contribution in [0.3, 0.4) is 0 Å². The van der Waals surface area contributed by atoms with Gasteiger partial charge in [-0.25, -0.2) is 0 Å². The molecule has 0 spiro atoms. The molecule has 0 aromatic heterocycles. The van der Waals surface area contributed by atoms with Gasteiger partial charge in [0.2, 0.25) is 11.2 Å². The molecule has 1 aromatic carbocycles. The molecule has 0 unspecified atom stereocenters. The van der Waals surface area contributed by atoms with E-state index in [2.05, 4.69) is 0 Å². The molecule has 4 fully saturated rings. The number of hydrogen-bond donors (Lipinski definition) is 0. The van der Waals surface area contributed by atoms with Crippen molar-refractivity contribution in [2.24, 2.45) is 17.8 Å². The molecule has 4 aliphatic rings. The summed E-state index contributed by atoms with van der Waals surface area (Å²) in [5, 5.41) is 0. The van der Waals surface area contributed by atoms with Crippen molar-refractivity contribution >= 4 is 11.2 Å². The minimum Gasteiger partial charge on any atom is -0.496 e. The van der Waals surface area contributed by atoms with Crippen LogP contribution in [0.5, 0.6) is 5.75 Å². The first-order valence-corrected chi connectivity index (χ1v) is 9.34. The number of rotatable bonds is 3. The second kappa shape index (κ2) is 5.61. The van der Waals surface area contributed by atoms with Gasteiger partial charge in [0.1, 0.15) is 5.75 Å². The Bertz CT molecular complexity index is 561. The lowest BCUT2D eigenvalue weighted by Crippen LogP contribution is -2.48.